The standard InChI is InChI=1S/C12H14N6O4/c13-17-15-5-1-4-14-7-6-10(20)18(12(7)22)8-2-3-9(19)16-11(8)21/h6,8,14H,1-5H2,(H,16,19,21). The Balaban J connectivity index is 1.95. The number of piperidine rings is 1. The van der Waals surface area contributed by atoms with Crippen LogP contribution in [0.25, 0.3) is 10.4 Å². The third-order valence-corrected chi connectivity index (χ3v) is 3.29. The van der Waals surface area contributed by atoms with E-state index in [-0.39, 0.29) is 25.1 Å². The van der Waals surface area contributed by atoms with Crippen molar-refractivity contribution in [3.05, 3.63) is 22.2 Å². The van der Waals surface area contributed by atoms with Gasteiger partial charge in [0.15, 0.2) is 0 Å². The average Bonchev–Trinajstić information content (AvgIpc) is 2.74. The van der Waals surface area contributed by atoms with Gasteiger partial charge in [-0.25, -0.2) is 0 Å². The zero-order chi connectivity index (χ0) is 16.1. The van der Waals surface area contributed by atoms with Gasteiger partial charge in [-0.15, -0.1) is 0 Å². The minimum absolute atomic E-state index is 0.0857. The highest BCUT2D eigenvalue weighted by Gasteiger charge is 2.42. The molecular weight excluding hydrogens is 292 g/mol. The van der Waals surface area contributed by atoms with Crippen LogP contribution in [0.3, 0.4) is 0 Å². The third-order valence-electron chi connectivity index (χ3n) is 3.29. The zero-order valence-corrected chi connectivity index (χ0v) is 11.6. The van der Waals surface area contributed by atoms with Crippen LogP contribution in [0.4, 0.5) is 0 Å². The topological polar surface area (TPSA) is 144 Å². The van der Waals surface area contributed by atoms with Crippen LogP contribution in [0.2, 0.25) is 0 Å². The van der Waals surface area contributed by atoms with Gasteiger partial charge in [-0.05, 0) is 18.4 Å². The summed E-state index contributed by atoms with van der Waals surface area (Å²) in [5.74, 6) is -2.24. The first-order chi connectivity index (χ1) is 10.5. The highest BCUT2D eigenvalue weighted by atomic mass is 16.2. The van der Waals surface area contributed by atoms with Crippen molar-refractivity contribution in [2.45, 2.75) is 25.3 Å². The summed E-state index contributed by atoms with van der Waals surface area (Å²) in [6.07, 6.45) is 1.84. The minimum atomic E-state index is -0.962. The van der Waals surface area contributed by atoms with Gasteiger partial charge in [0, 0.05) is 30.5 Å². The van der Waals surface area contributed by atoms with Crippen molar-refractivity contribution < 1.29 is 19.2 Å². The summed E-state index contributed by atoms with van der Waals surface area (Å²) < 4.78 is 0. The van der Waals surface area contributed by atoms with Crippen LogP contribution in [0.5, 0.6) is 0 Å². The monoisotopic (exact) mass is 306 g/mol. The van der Waals surface area contributed by atoms with Crippen LogP contribution in [0.15, 0.2) is 16.9 Å². The molecule has 1 atom stereocenters. The van der Waals surface area contributed by atoms with E-state index < -0.39 is 29.7 Å². The number of hydrogen-bond acceptors (Lipinski definition) is 6. The highest BCUT2D eigenvalue weighted by molar-refractivity contribution is 6.18. The SMILES string of the molecule is [N-]=[N+]=NCCCNC1=CC(=O)N(C2CCC(=O)NC2=O)C1=O. The van der Waals surface area contributed by atoms with E-state index in [2.05, 4.69) is 20.7 Å². The molecule has 0 saturated carbocycles. The van der Waals surface area contributed by atoms with Crippen molar-refractivity contribution in [1.82, 2.24) is 15.5 Å². The van der Waals surface area contributed by atoms with Gasteiger partial charge in [-0.2, -0.15) is 0 Å². The number of amides is 4. The number of nitrogens with one attached hydrogen (secondary N) is 2. The third kappa shape index (κ3) is 3.23. The Bertz CT molecular complexity index is 607. The number of carbonyl (C=O) groups is 4. The lowest BCUT2D eigenvalue weighted by atomic mass is 10.0. The van der Waals surface area contributed by atoms with Gasteiger partial charge in [-0.3, -0.25) is 29.4 Å². The molecule has 1 saturated heterocycles. The lowest BCUT2D eigenvalue weighted by Gasteiger charge is -2.28. The molecule has 1 unspecified atom stereocenters. The maximum Gasteiger partial charge on any atom is 0.277 e. The first-order valence-corrected chi connectivity index (χ1v) is 6.72. The predicted octanol–water partition coefficient (Wildman–Crippen LogP) is -0.666. The molecular formula is C12H14N6O4. The van der Waals surface area contributed by atoms with Crippen LogP contribution >= 0.6 is 0 Å². The molecule has 22 heavy (non-hydrogen) atoms. The second kappa shape index (κ2) is 6.72. The molecule has 0 bridgehead atoms. The number of hydrogen-bond donors (Lipinski definition) is 2. The van der Waals surface area contributed by atoms with E-state index in [9.17, 15) is 19.2 Å². The molecule has 0 aliphatic carbocycles. The van der Waals surface area contributed by atoms with Crippen LogP contribution in [-0.4, -0.2) is 47.7 Å². The molecule has 116 valence electrons. The summed E-state index contributed by atoms with van der Waals surface area (Å²) in [6.45, 7) is 0.628. The maximum absolute atomic E-state index is 12.2. The molecule has 2 heterocycles. The Morgan fingerprint density at radius 3 is 2.86 bits per heavy atom. The molecule has 0 radical (unpaired) electrons. The highest BCUT2D eigenvalue weighted by Crippen LogP contribution is 2.19. The van der Waals surface area contributed by atoms with Gasteiger partial charge in [0.2, 0.25) is 11.8 Å². The molecule has 0 spiro atoms. The Morgan fingerprint density at radius 1 is 1.41 bits per heavy atom. The van der Waals surface area contributed by atoms with E-state index in [0.717, 1.165) is 11.0 Å². The molecule has 10 nitrogen and oxygen atoms in total. The van der Waals surface area contributed by atoms with Crippen LogP contribution in [0, 0.1) is 0 Å². The number of nitrogens with zero attached hydrogens (tertiary/aromatic N) is 4. The Labute approximate surface area is 125 Å². The van der Waals surface area contributed by atoms with Crippen molar-refractivity contribution >= 4 is 23.6 Å². The Morgan fingerprint density at radius 2 is 2.18 bits per heavy atom. The summed E-state index contributed by atoms with van der Waals surface area (Å²) in [4.78, 5) is 50.4. The molecule has 2 aliphatic rings. The van der Waals surface area contributed by atoms with Crippen molar-refractivity contribution in [2.75, 3.05) is 13.1 Å². The van der Waals surface area contributed by atoms with Crippen molar-refractivity contribution in [3.8, 4) is 0 Å². The molecule has 10 heteroatoms. The van der Waals surface area contributed by atoms with Crippen molar-refractivity contribution in [3.63, 3.8) is 0 Å². The lowest BCUT2D eigenvalue weighted by Crippen LogP contribution is -2.54. The summed E-state index contributed by atoms with van der Waals surface area (Å²) in [6, 6.07) is -0.962. The van der Waals surface area contributed by atoms with E-state index in [1.807, 2.05) is 0 Å². The maximum atomic E-state index is 12.2. The molecule has 4 amide bonds. The van der Waals surface area contributed by atoms with E-state index in [0.29, 0.717) is 13.0 Å². The fourth-order valence-electron chi connectivity index (χ4n) is 2.25. The fraction of sp³-hybridized carbons (Fsp3) is 0.500. The lowest BCUT2D eigenvalue weighted by molar-refractivity contribution is -0.149. The quantitative estimate of drug-likeness (QED) is 0.220. The molecule has 0 aromatic carbocycles. The minimum Gasteiger partial charge on any atom is -0.380 e. The summed E-state index contributed by atoms with van der Waals surface area (Å²) in [5, 5.41) is 8.24. The second-order valence-corrected chi connectivity index (χ2v) is 4.77. The number of carbonyl (C=O) groups excluding carboxylic acids is 4. The Hall–Kier alpha value is -2.87. The van der Waals surface area contributed by atoms with Gasteiger partial charge in [0.1, 0.15) is 11.7 Å². The summed E-state index contributed by atoms with van der Waals surface area (Å²) >= 11 is 0. The van der Waals surface area contributed by atoms with Crippen molar-refractivity contribution in [2.24, 2.45) is 5.11 Å². The Kier molecular flexibility index (Phi) is 4.74. The van der Waals surface area contributed by atoms with E-state index in [4.69, 9.17) is 5.53 Å². The van der Waals surface area contributed by atoms with Gasteiger partial charge >= 0.3 is 0 Å². The molecule has 2 aliphatic heterocycles. The molecule has 1 fully saturated rings. The number of rotatable bonds is 6. The van der Waals surface area contributed by atoms with Crippen LogP contribution in [-0.2, 0) is 19.2 Å². The summed E-state index contributed by atoms with van der Waals surface area (Å²) in [7, 11) is 0. The van der Waals surface area contributed by atoms with E-state index >= 15 is 0 Å². The van der Waals surface area contributed by atoms with Gasteiger partial charge < -0.3 is 5.32 Å². The zero-order valence-electron chi connectivity index (χ0n) is 11.6. The van der Waals surface area contributed by atoms with Gasteiger partial charge in [0.05, 0.1) is 0 Å². The molecule has 2 rings (SSSR count). The fourth-order valence-corrected chi connectivity index (χ4v) is 2.25. The van der Waals surface area contributed by atoms with Crippen LogP contribution in [0.1, 0.15) is 19.3 Å². The largest absolute Gasteiger partial charge is 0.380 e. The van der Waals surface area contributed by atoms with Gasteiger partial charge in [-0.1, -0.05) is 5.11 Å². The second-order valence-electron chi connectivity index (χ2n) is 4.77. The smallest absolute Gasteiger partial charge is 0.277 e. The van der Waals surface area contributed by atoms with Crippen LogP contribution < -0.4 is 10.6 Å². The number of azide groups is 1. The van der Waals surface area contributed by atoms with E-state index in [1.54, 1.807) is 0 Å². The van der Waals surface area contributed by atoms with Crippen molar-refractivity contribution in [1.29, 1.82) is 0 Å². The number of imide groups is 2. The summed E-state index contributed by atoms with van der Waals surface area (Å²) in [5.41, 5.74) is 8.23. The first-order valence-electron chi connectivity index (χ1n) is 6.72. The first kappa shape index (κ1) is 15.5. The normalized spacial score (nSPS) is 21.4. The molecule has 0 aromatic rings. The van der Waals surface area contributed by atoms with Gasteiger partial charge in [0.25, 0.3) is 11.8 Å². The average molecular weight is 306 g/mol. The molecule has 0 aromatic heterocycles. The predicted molar refractivity (Wildman–Crippen MR) is 72.7 cm³/mol. The van der Waals surface area contributed by atoms with E-state index in [1.165, 1.54) is 0 Å². The molecule has 2 N–H and O–H groups in total.